The molecule has 1 aliphatic rings. The lowest BCUT2D eigenvalue weighted by molar-refractivity contribution is -0.121. The molecule has 0 spiro atoms. The number of benzene rings is 2. The molecule has 2 aromatic carbocycles. The fraction of sp³-hybridized carbons (Fsp3) is 0.300. The van der Waals surface area contributed by atoms with Crippen LogP contribution in [0.4, 0.5) is 13.9 Å². The number of amides is 1. The molecule has 0 radical (unpaired) electrons. The van der Waals surface area contributed by atoms with Crippen LogP contribution in [0.25, 0.3) is 10.2 Å². The maximum Gasteiger partial charge on any atom is 0.246 e. The molecule has 11 heteroatoms. The summed E-state index contributed by atoms with van der Waals surface area (Å²) in [6, 6.07) is 9.41. The summed E-state index contributed by atoms with van der Waals surface area (Å²) in [6.45, 7) is 2.43. The number of para-hydroxylation sites is 1. The average molecular weight is 467 g/mol. The number of fused-ring (bicyclic) bond motifs is 1. The van der Waals surface area contributed by atoms with Gasteiger partial charge in [0.15, 0.2) is 5.13 Å². The van der Waals surface area contributed by atoms with E-state index in [0.29, 0.717) is 11.2 Å². The van der Waals surface area contributed by atoms with Crippen molar-refractivity contribution in [2.75, 3.05) is 31.5 Å². The second-order valence-electron chi connectivity index (χ2n) is 7.17. The van der Waals surface area contributed by atoms with Crippen molar-refractivity contribution >= 4 is 42.6 Å². The molecule has 0 bridgehead atoms. The molecule has 2 heterocycles. The van der Waals surface area contributed by atoms with Crippen LogP contribution in [0.1, 0.15) is 6.92 Å². The second-order valence-corrected chi connectivity index (χ2v) is 10.1. The van der Waals surface area contributed by atoms with Gasteiger partial charge >= 0.3 is 0 Å². The number of anilines is 1. The average Bonchev–Trinajstić information content (AvgIpc) is 3.17. The lowest BCUT2D eigenvalue weighted by atomic mass is 10.2. The van der Waals surface area contributed by atoms with Gasteiger partial charge in [0.1, 0.15) is 16.5 Å². The molecule has 1 aliphatic heterocycles. The van der Waals surface area contributed by atoms with Crippen LogP contribution in [0.2, 0.25) is 0 Å². The third kappa shape index (κ3) is 4.45. The Labute approximate surface area is 182 Å². The molecule has 164 valence electrons. The van der Waals surface area contributed by atoms with Crippen LogP contribution in [-0.4, -0.2) is 60.7 Å². The Morgan fingerprint density at radius 3 is 2.55 bits per heavy atom. The standard InChI is InChI=1S/C20H20F2N4O3S2/c1-13(19(27)24-20-23-16-4-2-3-5-17(16)30-20)25-8-10-26(11-9-25)31(28,29)18-12-14(21)6-7-15(18)22/h2-7,12-13H,8-11H2,1H3,(H,23,24,27). The molecule has 1 unspecified atom stereocenters. The van der Waals surface area contributed by atoms with E-state index >= 15 is 0 Å². The third-order valence-corrected chi connectivity index (χ3v) is 8.10. The number of nitrogens with one attached hydrogen (secondary N) is 1. The van der Waals surface area contributed by atoms with E-state index in [0.717, 1.165) is 26.7 Å². The third-order valence-electron chi connectivity index (χ3n) is 5.24. The summed E-state index contributed by atoms with van der Waals surface area (Å²) in [6.07, 6.45) is 0. The molecule has 31 heavy (non-hydrogen) atoms. The number of carbonyl (C=O) groups excluding carboxylic acids is 1. The normalized spacial score (nSPS) is 17.0. The van der Waals surface area contributed by atoms with Crippen molar-refractivity contribution < 1.29 is 22.0 Å². The van der Waals surface area contributed by atoms with Crippen LogP contribution in [0, 0.1) is 11.6 Å². The van der Waals surface area contributed by atoms with Crippen LogP contribution in [0.15, 0.2) is 47.4 Å². The molecule has 0 saturated carbocycles. The quantitative estimate of drug-likeness (QED) is 0.625. The van der Waals surface area contributed by atoms with Gasteiger partial charge in [-0.15, -0.1) is 0 Å². The number of rotatable bonds is 5. The van der Waals surface area contributed by atoms with Gasteiger partial charge in [0, 0.05) is 26.2 Å². The Bertz CT molecular complexity index is 1190. The number of hydrogen-bond donors (Lipinski definition) is 1. The predicted octanol–water partition coefficient (Wildman–Crippen LogP) is 2.91. The van der Waals surface area contributed by atoms with E-state index < -0.39 is 32.6 Å². The Kier molecular flexibility index (Phi) is 6.02. The van der Waals surface area contributed by atoms with Gasteiger partial charge in [-0.25, -0.2) is 22.2 Å². The number of nitrogens with zero attached hydrogens (tertiary/aromatic N) is 3. The monoisotopic (exact) mass is 466 g/mol. The van der Waals surface area contributed by atoms with Crippen molar-refractivity contribution in [2.24, 2.45) is 0 Å². The zero-order chi connectivity index (χ0) is 22.2. The van der Waals surface area contributed by atoms with Crippen molar-refractivity contribution in [3.63, 3.8) is 0 Å². The highest BCUT2D eigenvalue weighted by molar-refractivity contribution is 7.89. The van der Waals surface area contributed by atoms with Gasteiger partial charge in [0.25, 0.3) is 0 Å². The fourth-order valence-electron chi connectivity index (χ4n) is 3.45. The van der Waals surface area contributed by atoms with Crippen molar-refractivity contribution in [1.29, 1.82) is 0 Å². The summed E-state index contributed by atoms with van der Waals surface area (Å²) in [5, 5.41) is 3.31. The molecular weight excluding hydrogens is 446 g/mol. The van der Waals surface area contributed by atoms with Gasteiger partial charge < -0.3 is 5.32 Å². The molecular formula is C20H20F2N4O3S2. The zero-order valence-corrected chi connectivity index (χ0v) is 18.2. The molecule has 4 rings (SSSR count). The number of aromatic nitrogens is 1. The van der Waals surface area contributed by atoms with E-state index in [-0.39, 0.29) is 32.1 Å². The minimum Gasteiger partial charge on any atom is -0.301 e. The summed E-state index contributed by atoms with van der Waals surface area (Å²) in [5.74, 6) is -2.06. The molecule has 1 fully saturated rings. The van der Waals surface area contributed by atoms with E-state index in [2.05, 4.69) is 10.3 Å². The second kappa shape index (κ2) is 8.58. The number of thiazole rings is 1. The maximum absolute atomic E-state index is 14.0. The number of sulfonamides is 1. The first-order chi connectivity index (χ1) is 14.8. The Morgan fingerprint density at radius 2 is 1.84 bits per heavy atom. The van der Waals surface area contributed by atoms with Crippen LogP contribution in [0.3, 0.4) is 0 Å². The zero-order valence-electron chi connectivity index (χ0n) is 16.6. The fourth-order valence-corrected chi connectivity index (χ4v) is 5.81. The summed E-state index contributed by atoms with van der Waals surface area (Å²) in [5.41, 5.74) is 0.804. The molecule has 3 aromatic rings. The lowest BCUT2D eigenvalue weighted by Gasteiger charge is -2.36. The first-order valence-electron chi connectivity index (χ1n) is 9.61. The summed E-state index contributed by atoms with van der Waals surface area (Å²) in [7, 11) is -4.17. The topological polar surface area (TPSA) is 82.6 Å². The number of hydrogen-bond acceptors (Lipinski definition) is 6. The van der Waals surface area contributed by atoms with Crippen LogP contribution in [0.5, 0.6) is 0 Å². The van der Waals surface area contributed by atoms with Gasteiger partial charge in [0.05, 0.1) is 16.3 Å². The first-order valence-corrected chi connectivity index (χ1v) is 11.9. The summed E-state index contributed by atoms with van der Waals surface area (Å²) in [4.78, 5) is 18.2. The van der Waals surface area contributed by atoms with Gasteiger partial charge in [-0.3, -0.25) is 9.69 Å². The van der Waals surface area contributed by atoms with Crippen LogP contribution < -0.4 is 5.32 Å². The molecule has 1 atom stereocenters. The smallest absolute Gasteiger partial charge is 0.246 e. The Morgan fingerprint density at radius 1 is 1.13 bits per heavy atom. The highest BCUT2D eigenvalue weighted by Crippen LogP contribution is 2.26. The van der Waals surface area contributed by atoms with E-state index in [1.165, 1.54) is 11.3 Å². The SMILES string of the molecule is CC(C(=O)Nc1nc2ccccc2s1)N1CCN(S(=O)(=O)c2cc(F)ccc2F)CC1. The number of halogens is 2. The van der Waals surface area contributed by atoms with Gasteiger partial charge in [-0.2, -0.15) is 4.31 Å². The van der Waals surface area contributed by atoms with E-state index in [1.807, 2.05) is 29.2 Å². The highest BCUT2D eigenvalue weighted by Gasteiger charge is 2.33. The van der Waals surface area contributed by atoms with E-state index in [4.69, 9.17) is 0 Å². The lowest BCUT2D eigenvalue weighted by Crippen LogP contribution is -2.54. The Hall–Kier alpha value is -2.47. The predicted molar refractivity (Wildman–Crippen MR) is 114 cm³/mol. The number of piperazine rings is 1. The minimum absolute atomic E-state index is 0.0665. The summed E-state index contributed by atoms with van der Waals surface area (Å²) < 4.78 is 54.9. The van der Waals surface area contributed by atoms with Crippen molar-refractivity contribution in [1.82, 2.24) is 14.2 Å². The van der Waals surface area contributed by atoms with Gasteiger partial charge in [0.2, 0.25) is 15.9 Å². The molecule has 1 N–H and O–H groups in total. The highest BCUT2D eigenvalue weighted by atomic mass is 32.2. The maximum atomic E-state index is 14.0. The molecule has 1 amide bonds. The van der Waals surface area contributed by atoms with Gasteiger partial charge in [-0.1, -0.05) is 23.5 Å². The van der Waals surface area contributed by atoms with Crippen molar-refractivity contribution in [3.8, 4) is 0 Å². The molecule has 0 aliphatic carbocycles. The molecule has 1 aromatic heterocycles. The first kappa shape index (κ1) is 21.8. The van der Waals surface area contributed by atoms with Crippen molar-refractivity contribution in [2.45, 2.75) is 17.9 Å². The summed E-state index contributed by atoms with van der Waals surface area (Å²) >= 11 is 1.38. The Balaban J connectivity index is 1.39. The van der Waals surface area contributed by atoms with Crippen LogP contribution >= 0.6 is 11.3 Å². The largest absolute Gasteiger partial charge is 0.301 e. The van der Waals surface area contributed by atoms with Crippen LogP contribution in [-0.2, 0) is 14.8 Å². The minimum atomic E-state index is -4.17. The van der Waals surface area contributed by atoms with E-state index in [1.54, 1.807) is 6.92 Å². The molecule has 7 nitrogen and oxygen atoms in total. The van der Waals surface area contributed by atoms with E-state index in [9.17, 15) is 22.0 Å². The number of carbonyl (C=O) groups is 1. The van der Waals surface area contributed by atoms with Gasteiger partial charge in [-0.05, 0) is 37.3 Å². The van der Waals surface area contributed by atoms with Crippen molar-refractivity contribution in [3.05, 3.63) is 54.1 Å². The molecule has 1 saturated heterocycles.